The molecule has 0 aliphatic heterocycles. The SMILES string of the molecule is CCn1c(=O)c(=O)n(CCOc2ccc(Br)cc2)c2cc(S(=O)(=O)N(C)C)ccc21. The van der Waals surface area contributed by atoms with Gasteiger partial charge in [-0.3, -0.25) is 14.2 Å². The van der Waals surface area contributed by atoms with Gasteiger partial charge in [-0.2, -0.15) is 0 Å². The third-order valence-corrected chi connectivity index (χ3v) is 7.03. The van der Waals surface area contributed by atoms with Crippen molar-refractivity contribution in [2.45, 2.75) is 24.9 Å². The van der Waals surface area contributed by atoms with Gasteiger partial charge >= 0.3 is 11.1 Å². The van der Waals surface area contributed by atoms with Gasteiger partial charge in [0.05, 0.1) is 22.5 Å². The van der Waals surface area contributed by atoms with E-state index in [-0.39, 0.29) is 18.0 Å². The fourth-order valence-corrected chi connectivity index (χ4v) is 4.28. The topological polar surface area (TPSA) is 90.6 Å². The maximum absolute atomic E-state index is 12.8. The smallest absolute Gasteiger partial charge is 0.317 e. The fourth-order valence-electron chi connectivity index (χ4n) is 3.09. The molecule has 0 N–H and O–H groups in total. The molecule has 0 aliphatic rings. The van der Waals surface area contributed by atoms with Gasteiger partial charge in [0.1, 0.15) is 12.4 Å². The fraction of sp³-hybridized carbons (Fsp3) is 0.300. The van der Waals surface area contributed by atoms with Gasteiger partial charge in [-0.15, -0.1) is 0 Å². The Labute approximate surface area is 182 Å². The van der Waals surface area contributed by atoms with Gasteiger partial charge in [0.2, 0.25) is 10.0 Å². The Morgan fingerprint density at radius 2 is 1.60 bits per heavy atom. The number of hydrogen-bond acceptors (Lipinski definition) is 5. The van der Waals surface area contributed by atoms with Crippen LogP contribution >= 0.6 is 15.9 Å². The van der Waals surface area contributed by atoms with Crippen LogP contribution in [-0.4, -0.2) is 42.6 Å². The van der Waals surface area contributed by atoms with Crippen LogP contribution in [0.5, 0.6) is 5.75 Å². The van der Waals surface area contributed by atoms with Gasteiger partial charge < -0.3 is 9.30 Å². The molecule has 0 unspecified atom stereocenters. The minimum absolute atomic E-state index is 0.0447. The van der Waals surface area contributed by atoms with Crippen LogP contribution in [0.1, 0.15) is 6.92 Å². The summed E-state index contributed by atoms with van der Waals surface area (Å²) >= 11 is 3.35. The Bertz CT molecular complexity index is 1290. The average Bonchev–Trinajstić information content (AvgIpc) is 2.72. The lowest BCUT2D eigenvalue weighted by Gasteiger charge is -2.17. The van der Waals surface area contributed by atoms with Gasteiger partial charge in [-0.25, -0.2) is 12.7 Å². The van der Waals surface area contributed by atoms with Crippen LogP contribution in [0, 0.1) is 0 Å². The Morgan fingerprint density at radius 1 is 0.967 bits per heavy atom. The summed E-state index contributed by atoms with van der Waals surface area (Å²) in [6.07, 6.45) is 0. The maximum atomic E-state index is 12.8. The first-order chi connectivity index (χ1) is 14.2. The van der Waals surface area contributed by atoms with Crippen molar-refractivity contribution in [2.75, 3.05) is 20.7 Å². The summed E-state index contributed by atoms with van der Waals surface area (Å²) in [4.78, 5) is 25.3. The van der Waals surface area contributed by atoms with Gasteiger partial charge in [-0.1, -0.05) is 15.9 Å². The van der Waals surface area contributed by atoms with Crippen molar-refractivity contribution >= 4 is 37.0 Å². The first kappa shape index (κ1) is 22.3. The minimum Gasteiger partial charge on any atom is -0.492 e. The van der Waals surface area contributed by atoms with Crippen LogP contribution in [0.2, 0.25) is 0 Å². The zero-order valence-corrected chi connectivity index (χ0v) is 19.2. The van der Waals surface area contributed by atoms with Gasteiger partial charge in [0.15, 0.2) is 0 Å². The molecule has 0 atom stereocenters. The largest absolute Gasteiger partial charge is 0.492 e. The number of rotatable bonds is 7. The highest BCUT2D eigenvalue weighted by Gasteiger charge is 2.20. The number of aromatic nitrogens is 2. The summed E-state index contributed by atoms with van der Waals surface area (Å²) in [6.45, 7) is 2.28. The molecule has 1 aromatic heterocycles. The molecule has 30 heavy (non-hydrogen) atoms. The van der Waals surface area contributed by atoms with Crippen molar-refractivity contribution in [1.29, 1.82) is 0 Å². The number of fused-ring (bicyclic) bond motifs is 1. The van der Waals surface area contributed by atoms with Crippen molar-refractivity contribution in [3.63, 3.8) is 0 Å². The van der Waals surface area contributed by atoms with E-state index >= 15 is 0 Å². The maximum Gasteiger partial charge on any atom is 0.317 e. The van der Waals surface area contributed by atoms with E-state index < -0.39 is 21.1 Å². The van der Waals surface area contributed by atoms with Crippen LogP contribution in [0.25, 0.3) is 11.0 Å². The van der Waals surface area contributed by atoms with E-state index in [0.29, 0.717) is 23.3 Å². The van der Waals surface area contributed by atoms with Crippen LogP contribution in [0.15, 0.2) is 61.4 Å². The molecule has 3 rings (SSSR count). The third kappa shape index (κ3) is 4.21. The Balaban J connectivity index is 2.08. The summed E-state index contributed by atoms with van der Waals surface area (Å²) < 4.78 is 35.4. The van der Waals surface area contributed by atoms with E-state index in [1.165, 1.54) is 35.4 Å². The second kappa shape index (κ2) is 8.75. The van der Waals surface area contributed by atoms with E-state index in [1.807, 2.05) is 12.1 Å². The Hall–Kier alpha value is -2.43. The molecule has 3 aromatic rings. The molecule has 8 nitrogen and oxygen atoms in total. The third-order valence-electron chi connectivity index (χ3n) is 4.69. The number of sulfonamides is 1. The van der Waals surface area contributed by atoms with E-state index in [1.54, 1.807) is 25.1 Å². The minimum atomic E-state index is -3.70. The predicted octanol–water partition coefficient (Wildman–Crippen LogP) is 2.27. The normalized spacial score (nSPS) is 11.9. The van der Waals surface area contributed by atoms with Crippen molar-refractivity contribution in [3.05, 3.63) is 67.6 Å². The van der Waals surface area contributed by atoms with E-state index in [2.05, 4.69) is 15.9 Å². The highest BCUT2D eigenvalue weighted by atomic mass is 79.9. The zero-order valence-electron chi connectivity index (χ0n) is 16.8. The first-order valence-electron chi connectivity index (χ1n) is 9.25. The standard InChI is InChI=1S/C20H22BrN3O5S/c1-4-23-17-10-9-16(30(27,28)22(2)3)13-18(17)24(20(26)19(23)25)11-12-29-15-7-5-14(21)6-8-15/h5-10,13H,4,11-12H2,1-3H3. The summed E-state index contributed by atoms with van der Waals surface area (Å²) in [5, 5.41) is 0. The highest BCUT2D eigenvalue weighted by molar-refractivity contribution is 9.10. The lowest BCUT2D eigenvalue weighted by molar-refractivity contribution is 0.298. The molecule has 0 saturated carbocycles. The van der Waals surface area contributed by atoms with Crippen LogP contribution in [-0.2, 0) is 23.1 Å². The van der Waals surface area contributed by atoms with Gasteiger partial charge in [-0.05, 0) is 49.4 Å². The lowest BCUT2D eigenvalue weighted by atomic mass is 10.2. The van der Waals surface area contributed by atoms with Crippen molar-refractivity contribution in [3.8, 4) is 5.75 Å². The quantitative estimate of drug-likeness (QED) is 0.469. The molecule has 0 bridgehead atoms. The first-order valence-corrected chi connectivity index (χ1v) is 11.5. The number of halogens is 1. The monoisotopic (exact) mass is 495 g/mol. The number of nitrogens with zero attached hydrogens (tertiary/aromatic N) is 3. The summed E-state index contributed by atoms with van der Waals surface area (Å²) in [5.41, 5.74) is -0.521. The van der Waals surface area contributed by atoms with Crippen LogP contribution < -0.4 is 15.9 Å². The molecule has 0 amide bonds. The van der Waals surface area contributed by atoms with Crippen molar-refractivity contribution in [2.24, 2.45) is 0 Å². The second-order valence-electron chi connectivity index (χ2n) is 6.75. The lowest BCUT2D eigenvalue weighted by Crippen LogP contribution is -2.42. The molecular weight excluding hydrogens is 474 g/mol. The zero-order chi connectivity index (χ0) is 22.1. The second-order valence-corrected chi connectivity index (χ2v) is 9.81. The molecule has 2 aromatic carbocycles. The number of benzene rings is 2. The van der Waals surface area contributed by atoms with Gasteiger partial charge in [0.25, 0.3) is 0 Å². The summed E-state index contributed by atoms with van der Waals surface area (Å²) in [7, 11) is -0.828. The predicted molar refractivity (Wildman–Crippen MR) is 119 cm³/mol. The molecule has 1 heterocycles. The van der Waals surface area contributed by atoms with E-state index in [9.17, 15) is 18.0 Å². The van der Waals surface area contributed by atoms with Crippen LogP contribution in [0.3, 0.4) is 0 Å². The molecule has 0 radical (unpaired) electrons. The molecule has 10 heteroatoms. The molecule has 0 aliphatic carbocycles. The van der Waals surface area contributed by atoms with E-state index in [4.69, 9.17) is 4.74 Å². The molecule has 0 fully saturated rings. The van der Waals surface area contributed by atoms with Crippen molar-refractivity contribution in [1.82, 2.24) is 13.4 Å². The number of hydrogen-bond donors (Lipinski definition) is 0. The summed E-state index contributed by atoms with van der Waals surface area (Å²) in [5.74, 6) is 0.619. The number of ether oxygens (including phenoxy) is 1. The molecule has 0 spiro atoms. The Morgan fingerprint density at radius 3 is 2.20 bits per heavy atom. The number of aryl methyl sites for hydroxylation is 1. The van der Waals surface area contributed by atoms with E-state index in [0.717, 1.165) is 8.78 Å². The average molecular weight is 496 g/mol. The summed E-state index contributed by atoms with van der Waals surface area (Å²) in [6, 6.07) is 11.6. The van der Waals surface area contributed by atoms with Crippen LogP contribution in [0.4, 0.5) is 0 Å². The molecule has 160 valence electrons. The van der Waals surface area contributed by atoms with Gasteiger partial charge in [0, 0.05) is 25.1 Å². The molecule has 0 saturated heterocycles. The van der Waals surface area contributed by atoms with Crippen molar-refractivity contribution < 1.29 is 13.2 Å². The Kier molecular flexibility index (Phi) is 6.49. The highest BCUT2D eigenvalue weighted by Crippen LogP contribution is 2.20. The molecular formula is C20H22BrN3O5S.